The Morgan fingerprint density at radius 1 is 1.23 bits per heavy atom. The Morgan fingerprint density at radius 3 is 2.69 bits per heavy atom. The van der Waals surface area contributed by atoms with Gasteiger partial charge in [-0.1, -0.05) is 29.8 Å². The standard InChI is InChI=1S/C21H29N3O2/c1-16(2)24(13-18-9-7-8-17(3)12-18)14-20-22-19(15-26-20)21(25)23-10-5-4-6-11-23/h7-9,12,15-16H,4-6,10-11,13-14H2,1-3H3. The molecule has 140 valence electrons. The topological polar surface area (TPSA) is 49.6 Å². The summed E-state index contributed by atoms with van der Waals surface area (Å²) in [7, 11) is 0. The number of hydrogen-bond donors (Lipinski definition) is 0. The van der Waals surface area contributed by atoms with Crippen molar-refractivity contribution in [2.45, 2.75) is 59.2 Å². The van der Waals surface area contributed by atoms with Crippen molar-refractivity contribution >= 4 is 5.91 Å². The lowest BCUT2D eigenvalue weighted by atomic mass is 10.1. The van der Waals surface area contributed by atoms with E-state index in [1.807, 2.05) is 4.90 Å². The minimum atomic E-state index is -0.00511. The van der Waals surface area contributed by atoms with E-state index in [4.69, 9.17) is 4.42 Å². The number of nitrogens with zero attached hydrogens (tertiary/aromatic N) is 3. The second-order valence-electron chi connectivity index (χ2n) is 7.47. The molecule has 0 aliphatic carbocycles. The zero-order chi connectivity index (χ0) is 18.5. The van der Waals surface area contributed by atoms with E-state index in [9.17, 15) is 4.79 Å². The fourth-order valence-electron chi connectivity index (χ4n) is 3.38. The number of amides is 1. The van der Waals surface area contributed by atoms with Crippen molar-refractivity contribution in [1.29, 1.82) is 0 Å². The number of oxazole rings is 1. The van der Waals surface area contributed by atoms with Gasteiger partial charge in [-0.25, -0.2) is 4.98 Å². The first-order valence-electron chi connectivity index (χ1n) is 9.56. The average Bonchev–Trinajstić information content (AvgIpc) is 3.10. The highest BCUT2D eigenvalue weighted by Gasteiger charge is 2.22. The molecular weight excluding hydrogens is 326 g/mol. The second-order valence-corrected chi connectivity index (χ2v) is 7.47. The van der Waals surface area contributed by atoms with Gasteiger partial charge in [-0.05, 0) is 45.6 Å². The minimum absolute atomic E-state index is 0.00511. The molecule has 1 aromatic heterocycles. The van der Waals surface area contributed by atoms with Crippen molar-refractivity contribution in [2.75, 3.05) is 13.1 Å². The third kappa shape index (κ3) is 4.73. The summed E-state index contributed by atoms with van der Waals surface area (Å²) >= 11 is 0. The van der Waals surface area contributed by atoms with Gasteiger partial charge in [-0.3, -0.25) is 9.69 Å². The molecule has 1 aliphatic rings. The van der Waals surface area contributed by atoms with Crippen molar-refractivity contribution < 1.29 is 9.21 Å². The molecule has 0 radical (unpaired) electrons. The maximum Gasteiger partial charge on any atom is 0.275 e. The van der Waals surface area contributed by atoms with Crippen LogP contribution in [0, 0.1) is 6.92 Å². The predicted molar refractivity (Wildman–Crippen MR) is 102 cm³/mol. The summed E-state index contributed by atoms with van der Waals surface area (Å²) in [5.41, 5.74) is 2.97. The SMILES string of the molecule is Cc1cccc(CN(Cc2nc(C(=O)N3CCCCC3)co2)C(C)C)c1. The molecule has 1 aromatic carbocycles. The van der Waals surface area contributed by atoms with Gasteiger partial charge in [0.15, 0.2) is 5.69 Å². The number of aryl methyl sites for hydroxylation is 1. The van der Waals surface area contributed by atoms with Crippen molar-refractivity contribution in [1.82, 2.24) is 14.8 Å². The van der Waals surface area contributed by atoms with E-state index in [1.54, 1.807) is 0 Å². The molecule has 1 aliphatic heterocycles. The van der Waals surface area contributed by atoms with Gasteiger partial charge in [-0.2, -0.15) is 0 Å². The van der Waals surface area contributed by atoms with E-state index < -0.39 is 0 Å². The number of carbonyl (C=O) groups excluding carboxylic acids is 1. The highest BCUT2D eigenvalue weighted by atomic mass is 16.3. The first-order valence-corrected chi connectivity index (χ1v) is 9.56. The van der Waals surface area contributed by atoms with Crippen molar-refractivity contribution in [3.05, 3.63) is 53.2 Å². The highest BCUT2D eigenvalue weighted by Crippen LogP contribution is 2.16. The van der Waals surface area contributed by atoms with Crippen LogP contribution in [0.2, 0.25) is 0 Å². The number of benzene rings is 1. The predicted octanol–water partition coefficient (Wildman–Crippen LogP) is 4.02. The van der Waals surface area contributed by atoms with Gasteiger partial charge in [-0.15, -0.1) is 0 Å². The third-order valence-electron chi connectivity index (χ3n) is 4.95. The molecule has 1 amide bonds. The summed E-state index contributed by atoms with van der Waals surface area (Å²) in [6.45, 7) is 9.52. The van der Waals surface area contributed by atoms with Crippen LogP contribution in [0.25, 0.3) is 0 Å². The van der Waals surface area contributed by atoms with Gasteiger partial charge >= 0.3 is 0 Å². The van der Waals surface area contributed by atoms with Crippen molar-refractivity contribution in [3.8, 4) is 0 Å². The van der Waals surface area contributed by atoms with E-state index in [2.05, 4.69) is 54.9 Å². The fraction of sp³-hybridized carbons (Fsp3) is 0.524. The van der Waals surface area contributed by atoms with Crippen LogP contribution in [0.5, 0.6) is 0 Å². The first-order chi connectivity index (χ1) is 12.5. The minimum Gasteiger partial charge on any atom is -0.447 e. The van der Waals surface area contributed by atoms with Crippen molar-refractivity contribution in [3.63, 3.8) is 0 Å². The van der Waals surface area contributed by atoms with Crippen LogP contribution in [0.4, 0.5) is 0 Å². The number of hydrogen-bond acceptors (Lipinski definition) is 4. The van der Waals surface area contributed by atoms with Gasteiger partial charge in [0.2, 0.25) is 5.89 Å². The third-order valence-corrected chi connectivity index (χ3v) is 4.95. The molecule has 0 atom stereocenters. The summed E-state index contributed by atoms with van der Waals surface area (Å²) in [4.78, 5) is 21.2. The Balaban J connectivity index is 1.66. The largest absolute Gasteiger partial charge is 0.447 e. The summed E-state index contributed by atoms with van der Waals surface area (Å²) in [6.07, 6.45) is 4.87. The summed E-state index contributed by atoms with van der Waals surface area (Å²) in [5.74, 6) is 0.598. The Labute approximate surface area is 156 Å². The van der Waals surface area contributed by atoms with Gasteiger partial charge in [0.05, 0.1) is 6.54 Å². The number of likely N-dealkylation sites (tertiary alicyclic amines) is 1. The van der Waals surface area contributed by atoms with Crippen LogP contribution >= 0.6 is 0 Å². The molecule has 0 bridgehead atoms. The van der Waals surface area contributed by atoms with E-state index in [0.29, 0.717) is 24.2 Å². The number of aromatic nitrogens is 1. The lowest BCUT2D eigenvalue weighted by Crippen LogP contribution is -2.35. The zero-order valence-corrected chi connectivity index (χ0v) is 16.1. The Morgan fingerprint density at radius 2 is 2.00 bits per heavy atom. The van der Waals surface area contributed by atoms with Crippen LogP contribution in [-0.4, -0.2) is 39.8 Å². The molecule has 26 heavy (non-hydrogen) atoms. The van der Waals surface area contributed by atoms with Crippen molar-refractivity contribution in [2.24, 2.45) is 0 Å². The molecule has 0 saturated carbocycles. The van der Waals surface area contributed by atoms with Gasteiger partial charge in [0.1, 0.15) is 6.26 Å². The molecule has 0 spiro atoms. The second kappa shape index (κ2) is 8.49. The van der Waals surface area contributed by atoms with Gasteiger partial charge < -0.3 is 9.32 Å². The first kappa shape index (κ1) is 18.6. The lowest BCUT2D eigenvalue weighted by molar-refractivity contribution is 0.0718. The summed E-state index contributed by atoms with van der Waals surface area (Å²) in [5, 5.41) is 0. The maximum absolute atomic E-state index is 12.6. The number of piperidine rings is 1. The normalized spacial score (nSPS) is 15.0. The molecule has 1 saturated heterocycles. The zero-order valence-electron chi connectivity index (χ0n) is 16.1. The van der Waals surface area contributed by atoms with E-state index in [-0.39, 0.29) is 5.91 Å². The van der Waals surface area contributed by atoms with E-state index in [0.717, 1.165) is 32.5 Å². The molecular formula is C21H29N3O2. The monoisotopic (exact) mass is 355 g/mol. The molecule has 2 heterocycles. The van der Waals surface area contributed by atoms with Gasteiger partial charge in [0, 0.05) is 25.7 Å². The Kier molecular flexibility index (Phi) is 6.09. The fourth-order valence-corrected chi connectivity index (χ4v) is 3.38. The molecule has 3 rings (SSSR count). The van der Waals surface area contributed by atoms with Crippen LogP contribution in [0.1, 0.15) is 60.6 Å². The van der Waals surface area contributed by atoms with Crippen LogP contribution in [-0.2, 0) is 13.1 Å². The van der Waals surface area contributed by atoms with Gasteiger partial charge in [0.25, 0.3) is 5.91 Å². The Hall–Kier alpha value is -2.14. The smallest absolute Gasteiger partial charge is 0.275 e. The molecule has 1 fully saturated rings. The van der Waals surface area contributed by atoms with Crippen LogP contribution in [0.3, 0.4) is 0 Å². The molecule has 0 N–H and O–H groups in total. The molecule has 2 aromatic rings. The molecule has 5 heteroatoms. The highest BCUT2D eigenvalue weighted by molar-refractivity contribution is 5.92. The summed E-state index contributed by atoms with van der Waals surface area (Å²) in [6, 6.07) is 8.89. The van der Waals surface area contributed by atoms with Crippen LogP contribution in [0.15, 0.2) is 34.9 Å². The van der Waals surface area contributed by atoms with Crippen LogP contribution < -0.4 is 0 Å². The quantitative estimate of drug-likeness (QED) is 0.785. The number of carbonyl (C=O) groups is 1. The average molecular weight is 355 g/mol. The van der Waals surface area contributed by atoms with E-state index >= 15 is 0 Å². The molecule has 5 nitrogen and oxygen atoms in total. The summed E-state index contributed by atoms with van der Waals surface area (Å²) < 4.78 is 5.62. The maximum atomic E-state index is 12.6. The van der Waals surface area contributed by atoms with E-state index in [1.165, 1.54) is 23.8 Å². The molecule has 0 unspecified atom stereocenters. The number of rotatable bonds is 6. The lowest BCUT2D eigenvalue weighted by Gasteiger charge is -2.26. The Bertz CT molecular complexity index is 732.